The first-order chi connectivity index (χ1) is 7.43. The predicted molar refractivity (Wildman–Crippen MR) is 55.0 cm³/mol. The van der Waals surface area contributed by atoms with Gasteiger partial charge in [-0.25, -0.2) is 9.97 Å². The minimum atomic E-state index is 0.586. The number of para-hydroxylation sites is 1. The SMILES string of the molecule is c1ccc2nc(-c3ccon3)ncc2c1. The van der Waals surface area contributed by atoms with Crippen LogP contribution in [0.15, 0.2) is 47.3 Å². The summed E-state index contributed by atoms with van der Waals surface area (Å²) in [4.78, 5) is 8.60. The fourth-order valence-electron chi connectivity index (χ4n) is 1.42. The molecule has 0 saturated carbocycles. The summed E-state index contributed by atoms with van der Waals surface area (Å²) >= 11 is 0. The Kier molecular flexibility index (Phi) is 1.71. The Labute approximate surface area is 85.6 Å². The van der Waals surface area contributed by atoms with Gasteiger partial charge in [0.25, 0.3) is 0 Å². The molecule has 4 nitrogen and oxygen atoms in total. The number of aromatic nitrogens is 3. The van der Waals surface area contributed by atoms with Crippen LogP contribution < -0.4 is 0 Å². The smallest absolute Gasteiger partial charge is 0.182 e. The molecule has 72 valence electrons. The summed E-state index contributed by atoms with van der Waals surface area (Å²) in [5.74, 6) is 0.586. The van der Waals surface area contributed by atoms with Crippen LogP contribution in [0.2, 0.25) is 0 Å². The Hall–Kier alpha value is -2.23. The highest BCUT2D eigenvalue weighted by atomic mass is 16.5. The lowest BCUT2D eigenvalue weighted by atomic mass is 10.2. The van der Waals surface area contributed by atoms with Crippen LogP contribution in [0.5, 0.6) is 0 Å². The zero-order valence-electron chi connectivity index (χ0n) is 7.79. The van der Waals surface area contributed by atoms with Crippen molar-refractivity contribution in [1.29, 1.82) is 0 Å². The molecule has 0 aliphatic carbocycles. The lowest BCUT2D eigenvalue weighted by molar-refractivity contribution is 0.422. The van der Waals surface area contributed by atoms with Gasteiger partial charge in [0.1, 0.15) is 6.26 Å². The Morgan fingerprint density at radius 2 is 2.00 bits per heavy atom. The van der Waals surface area contributed by atoms with Crippen molar-refractivity contribution in [2.45, 2.75) is 0 Å². The average Bonchev–Trinajstić information content (AvgIpc) is 2.82. The lowest BCUT2D eigenvalue weighted by Crippen LogP contribution is -1.89. The van der Waals surface area contributed by atoms with Gasteiger partial charge in [-0.15, -0.1) is 0 Å². The van der Waals surface area contributed by atoms with Crippen molar-refractivity contribution >= 4 is 10.9 Å². The van der Waals surface area contributed by atoms with Crippen molar-refractivity contribution in [3.63, 3.8) is 0 Å². The van der Waals surface area contributed by atoms with Crippen LogP contribution >= 0.6 is 0 Å². The van der Waals surface area contributed by atoms with Crippen molar-refractivity contribution in [3.8, 4) is 11.5 Å². The molecule has 0 bridgehead atoms. The van der Waals surface area contributed by atoms with Crippen LogP contribution in [0.3, 0.4) is 0 Å². The fourth-order valence-corrected chi connectivity index (χ4v) is 1.42. The van der Waals surface area contributed by atoms with Crippen LogP contribution in [0.4, 0.5) is 0 Å². The van der Waals surface area contributed by atoms with Crippen LogP contribution in [0.1, 0.15) is 0 Å². The lowest BCUT2D eigenvalue weighted by Gasteiger charge is -1.97. The first-order valence-electron chi connectivity index (χ1n) is 4.56. The topological polar surface area (TPSA) is 51.8 Å². The number of hydrogen-bond donors (Lipinski definition) is 0. The number of hydrogen-bond acceptors (Lipinski definition) is 4. The third-order valence-corrected chi connectivity index (χ3v) is 2.16. The van der Waals surface area contributed by atoms with E-state index in [9.17, 15) is 0 Å². The van der Waals surface area contributed by atoms with Crippen LogP contribution in [0, 0.1) is 0 Å². The van der Waals surface area contributed by atoms with E-state index in [-0.39, 0.29) is 0 Å². The van der Waals surface area contributed by atoms with E-state index in [1.807, 2.05) is 24.3 Å². The summed E-state index contributed by atoms with van der Waals surface area (Å²) in [6.07, 6.45) is 3.29. The summed E-state index contributed by atoms with van der Waals surface area (Å²) in [5.41, 5.74) is 1.56. The highest BCUT2D eigenvalue weighted by Gasteiger charge is 2.04. The van der Waals surface area contributed by atoms with Gasteiger partial charge in [-0.3, -0.25) is 0 Å². The molecular weight excluding hydrogens is 190 g/mol. The molecule has 0 spiro atoms. The first kappa shape index (κ1) is 8.11. The molecule has 2 heterocycles. The van der Waals surface area contributed by atoms with Crippen molar-refractivity contribution in [3.05, 3.63) is 42.8 Å². The Bertz CT molecular complexity index is 590. The largest absolute Gasteiger partial charge is 0.364 e. The maximum atomic E-state index is 4.75. The number of benzene rings is 1. The summed E-state index contributed by atoms with van der Waals surface area (Å²) < 4.78 is 4.75. The molecule has 0 atom stereocenters. The molecular formula is C11H7N3O. The third kappa shape index (κ3) is 1.36. The average molecular weight is 197 g/mol. The number of fused-ring (bicyclic) bond motifs is 1. The Morgan fingerprint density at radius 3 is 2.87 bits per heavy atom. The van der Waals surface area contributed by atoms with E-state index in [0.717, 1.165) is 10.9 Å². The molecule has 0 aliphatic rings. The highest BCUT2D eigenvalue weighted by Crippen LogP contribution is 2.15. The summed E-state index contributed by atoms with van der Waals surface area (Å²) in [6, 6.07) is 9.57. The molecule has 0 radical (unpaired) electrons. The quantitative estimate of drug-likeness (QED) is 0.600. The highest BCUT2D eigenvalue weighted by molar-refractivity contribution is 5.78. The van der Waals surface area contributed by atoms with Gasteiger partial charge in [-0.1, -0.05) is 23.4 Å². The normalized spacial score (nSPS) is 10.7. The van der Waals surface area contributed by atoms with E-state index in [2.05, 4.69) is 15.1 Å². The molecule has 0 fully saturated rings. The van der Waals surface area contributed by atoms with Crippen LogP contribution in [-0.4, -0.2) is 15.1 Å². The molecule has 2 aromatic heterocycles. The summed E-state index contributed by atoms with van der Waals surface area (Å²) in [7, 11) is 0. The second kappa shape index (κ2) is 3.16. The summed E-state index contributed by atoms with van der Waals surface area (Å²) in [6.45, 7) is 0. The Balaban J connectivity index is 2.22. The molecule has 3 rings (SSSR count). The van der Waals surface area contributed by atoms with E-state index in [1.165, 1.54) is 6.26 Å². The van der Waals surface area contributed by atoms with Crippen LogP contribution in [0.25, 0.3) is 22.4 Å². The van der Waals surface area contributed by atoms with E-state index < -0.39 is 0 Å². The van der Waals surface area contributed by atoms with E-state index in [0.29, 0.717) is 11.5 Å². The van der Waals surface area contributed by atoms with E-state index in [1.54, 1.807) is 12.3 Å². The molecule has 0 amide bonds. The standard InChI is InChI=1S/C11H7N3O/c1-2-4-9-8(3-1)7-12-11(13-9)10-5-6-15-14-10/h1-7H. The monoisotopic (exact) mass is 197 g/mol. The van der Waals surface area contributed by atoms with Gasteiger partial charge in [0, 0.05) is 17.6 Å². The molecule has 3 aromatic rings. The molecule has 4 heteroatoms. The van der Waals surface area contributed by atoms with Crippen LogP contribution in [-0.2, 0) is 0 Å². The maximum absolute atomic E-state index is 4.75. The van der Waals surface area contributed by atoms with Crippen molar-refractivity contribution < 1.29 is 4.52 Å². The maximum Gasteiger partial charge on any atom is 0.182 e. The molecule has 0 saturated heterocycles. The van der Waals surface area contributed by atoms with Gasteiger partial charge in [0.2, 0.25) is 0 Å². The van der Waals surface area contributed by atoms with E-state index in [4.69, 9.17) is 4.52 Å². The van der Waals surface area contributed by atoms with Gasteiger partial charge >= 0.3 is 0 Å². The molecule has 0 unspecified atom stereocenters. The second-order valence-corrected chi connectivity index (χ2v) is 3.14. The third-order valence-electron chi connectivity index (χ3n) is 2.16. The van der Waals surface area contributed by atoms with Gasteiger partial charge in [0.15, 0.2) is 11.5 Å². The zero-order chi connectivity index (χ0) is 10.1. The molecule has 0 aliphatic heterocycles. The van der Waals surface area contributed by atoms with Gasteiger partial charge in [0.05, 0.1) is 5.52 Å². The minimum absolute atomic E-state index is 0.586. The van der Waals surface area contributed by atoms with E-state index >= 15 is 0 Å². The van der Waals surface area contributed by atoms with Gasteiger partial charge in [-0.05, 0) is 6.07 Å². The fraction of sp³-hybridized carbons (Fsp3) is 0. The van der Waals surface area contributed by atoms with Gasteiger partial charge < -0.3 is 4.52 Å². The van der Waals surface area contributed by atoms with Gasteiger partial charge in [-0.2, -0.15) is 0 Å². The van der Waals surface area contributed by atoms with Crippen molar-refractivity contribution in [2.24, 2.45) is 0 Å². The molecule has 0 N–H and O–H groups in total. The van der Waals surface area contributed by atoms with Crippen molar-refractivity contribution in [2.75, 3.05) is 0 Å². The number of nitrogens with zero attached hydrogens (tertiary/aromatic N) is 3. The summed E-state index contributed by atoms with van der Waals surface area (Å²) in [5, 5.41) is 4.81. The first-order valence-corrected chi connectivity index (χ1v) is 4.56. The zero-order valence-corrected chi connectivity index (χ0v) is 7.79. The van der Waals surface area contributed by atoms with Crippen molar-refractivity contribution in [1.82, 2.24) is 15.1 Å². The second-order valence-electron chi connectivity index (χ2n) is 3.14. The number of rotatable bonds is 1. The minimum Gasteiger partial charge on any atom is -0.364 e. The molecule has 1 aromatic carbocycles. The molecule has 15 heavy (non-hydrogen) atoms. The Morgan fingerprint density at radius 1 is 1.07 bits per heavy atom. The predicted octanol–water partition coefficient (Wildman–Crippen LogP) is 2.28.